The first-order valence-corrected chi connectivity index (χ1v) is 11.3. The van der Waals surface area contributed by atoms with Gasteiger partial charge in [0.15, 0.2) is 5.03 Å². The highest BCUT2D eigenvalue weighted by Crippen LogP contribution is 2.31. The van der Waals surface area contributed by atoms with Crippen LogP contribution in [-0.2, 0) is 30.2 Å². The molecule has 0 N–H and O–H groups in total. The fourth-order valence-electron chi connectivity index (χ4n) is 3.48. The molecule has 1 aliphatic heterocycles. The molecule has 7 nitrogen and oxygen atoms in total. The highest BCUT2D eigenvalue weighted by atomic mass is 35.5. The van der Waals surface area contributed by atoms with E-state index in [1.807, 2.05) is 6.92 Å². The van der Waals surface area contributed by atoms with E-state index in [4.69, 9.17) is 11.6 Å². The van der Waals surface area contributed by atoms with Crippen LogP contribution >= 0.6 is 11.6 Å². The molecule has 2 heterocycles. The van der Waals surface area contributed by atoms with E-state index in [9.17, 15) is 13.2 Å². The molecule has 1 aromatic heterocycles. The Balaban J connectivity index is 1.78. The number of carbonyl (C=O) groups is 1. The van der Waals surface area contributed by atoms with Crippen LogP contribution in [0.4, 0.5) is 5.69 Å². The summed E-state index contributed by atoms with van der Waals surface area (Å²) >= 11 is 5.98. The third-order valence-corrected chi connectivity index (χ3v) is 7.02. The largest absolute Gasteiger partial charge is 0.339 e. The molecule has 0 saturated heterocycles. The number of anilines is 1. The predicted octanol–water partition coefficient (Wildman–Crippen LogP) is 3.44. The van der Waals surface area contributed by atoms with Gasteiger partial charge in [-0.25, -0.2) is 4.98 Å². The molecule has 3 aromatic rings. The van der Waals surface area contributed by atoms with Gasteiger partial charge in [0.2, 0.25) is 0 Å². The monoisotopic (exact) mass is 444 g/mol. The number of nitrogens with zero attached hydrogens (tertiary/aromatic N) is 4. The SMILES string of the molecule is CCN1Cc2cc(N(Cc3ccc(Cl)cc3)S(=O)(=O)c3cn(C)cn3)ccc2C1=O. The number of amides is 1. The Kier molecular flexibility index (Phi) is 5.29. The maximum Gasteiger partial charge on any atom is 0.283 e. The van der Waals surface area contributed by atoms with E-state index in [0.29, 0.717) is 29.4 Å². The van der Waals surface area contributed by atoms with Gasteiger partial charge in [0.25, 0.3) is 15.9 Å². The summed E-state index contributed by atoms with van der Waals surface area (Å²) in [5.74, 6) is -0.0316. The molecule has 0 aliphatic carbocycles. The average molecular weight is 445 g/mol. The Bertz CT molecular complexity index is 1210. The van der Waals surface area contributed by atoms with Crippen molar-refractivity contribution in [3.8, 4) is 0 Å². The summed E-state index contributed by atoms with van der Waals surface area (Å²) in [4.78, 5) is 18.2. The van der Waals surface area contributed by atoms with E-state index < -0.39 is 10.0 Å². The van der Waals surface area contributed by atoms with Gasteiger partial charge in [-0.2, -0.15) is 8.42 Å². The Morgan fingerprint density at radius 2 is 1.90 bits per heavy atom. The first-order chi connectivity index (χ1) is 14.3. The third kappa shape index (κ3) is 3.68. The van der Waals surface area contributed by atoms with Gasteiger partial charge in [-0.1, -0.05) is 23.7 Å². The Labute approximate surface area is 180 Å². The number of fused-ring (bicyclic) bond motifs is 1. The molecule has 0 atom stereocenters. The predicted molar refractivity (Wildman–Crippen MR) is 115 cm³/mol. The Morgan fingerprint density at radius 3 is 2.53 bits per heavy atom. The van der Waals surface area contributed by atoms with Crippen LogP contribution in [0.5, 0.6) is 0 Å². The molecule has 30 heavy (non-hydrogen) atoms. The quantitative estimate of drug-likeness (QED) is 0.583. The average Bonchev–Trinajstić information content (AvgIpc) is 3.30. The van der Waals surface area contributed by atoms with Crippen LogP contribution in [0, 0.1) is 0 Å². The van der Waals surface area contributed by atoms with Crippen LogP contribution in [0.1, 0.15) is 28.4 Å². The zero-order valence-corrected chi connectivity index (χ0v) is 18.2. The summed E-state index contributed by atoms with van der Waals surface area (Å²) in [5.41, 5.74) is 2.70. The zero-order chi connectivity index (χ0) is 21.5. The number of aryl methyl sites for hydroxylation is 1. The van der Waals surface area contributed by atoms with Crippen molar-refractivity contribution in [1.29, 1.82) is 0 Å². The van der Waals surface area contributed by atoms with E-state index in [-0.39, 0.29) is 17.5 Å². The number of rotatable bonds is 6. The van der Waals surface area contributed by atoms with Crippen molar-refractivity contribution in [2.45, 2.75) is 25.0 Å². The van der Waals surface area contributed by atoms with Gasteiger partial charge in [-0.15, -0.1) is 0 Å². The van der Waals surface area contributed by atoms with Gasteiger partial charge >= 0.3 is 0 Å². The fraction of sp³-hybridized carbons (Fsp3) is 0.238. The molecular weight excluding hydrogens is 424 g/mol. The Morgan fingerprint density at radius 1 is 1.17 bits per heavy atom. The molecule has 1 amide bonds. The first kappa shape index (κ1) is 20.4. The highest BCUT2D eigenvalue weighted by molar-refractivity contribution is 7.92. The van der Waals surface area contributed by atoms with Crippen molar-refractivity contribution in [2.75, 3.05) is 10.8 Å². The summed E-state index contributed by atoms with van der Waals surface area (Å²) in [6.07, 6.45) is 2.92. The molecule has 2 aromatic carbocycles. The molecule has 156 valence electrons. The second-order valence-electron chi connectivity index (χ2n) is 7.18. The number of carbonyl (C=O) groups excluding carboxylic acids is 1. The number of hydrogen-bond donors (Lipinski definition) is 0. The van der Waals surface area contributed by atoms with Crippen LogP contribution < -0.4 is 4.31 Å². The van der Waals surface area contributed by atoms with E-state index in [1.165, 1.54) is 16.8 Å². The van der Waals surface area contributed by atoms with Crippen molar-refractivity contribution in [1.82, 2.24) is 14.5 Å². The van der Waals surface area contributed by atoms with E-state index in [0.717, 1.165) is 11.1 Å². The fourth-order valence-corrected chi connectivity index (χ4v) is 5.03. The Hall–Kier alpha value is -2.84. The maximum atomic E-state index is 13.4. The lowest BCUT2D eigenvalue weighted by atomic mass is 10.1. The number of hydrogen-bond acceptors (Lipinski definition) is 4. The number of halogens is 1. The van der Waals surface area contributed by atoms with E-state index in [1.54, 1.807) is 59.0 Å². The summed E-state index contributed by atoms with van der Waals surface area (Å²) in [7, 11) is -2.20. The lowest BCUT2D eigenvalue weighted by molar-refractivity contribution is 0.0787. The van der Waals surface area contributed by atoms with Gasteiger partial charge in [0.1, 0.15) is 0 Å². The minimum Gasteiger partial charge on any atom is -0.339 e. The number of benzene rings is 2. The molecule has 0 unspecified atom stereocenters. The molecule has 9 heteroatoms. The summed E-state index contributed by atoms with van der Waals surface area (Å²) < 4.78 is 29.8. The van der Waals surface area contributed by atoms with Crippen LogP contribution in [0.15, 0.2) is 60.0 Å². The number of imidazole rings is 1. The zero-order valence-electron chi connectivity index (χ0n) is 16.6. The van der Waals surface area contributed by atoms with Crippen LogP contribution in [0.25, 0.3) is 0 Å². The van der Waals surface area contributed by atoms with Crippen molar-refractivity contribution >= 4 is 33.2 Å². The van der Waals surface area contributed by atoms with Gasteiger partial charge in [0.05, 0.1) is 18.6 Å². The molecule has 0 saturated carbocycles. The minimum absolute atomic E-state index is 0.0316. The van der Waals surface area contributed by atoms with Crippen LogP contribution in [0.3, 0.4) is 0 Å². The molecule has 4 rings (SSSR count). The third-order valence-electron chi connectivity index (χ3n) is 5.11. The lowest BCUT2D eigenvalue weighted by Gasteiger charge is -2.24. The van der Waals surface area contributed by atoms with E-state index in [2.05, 4.69) is 4.98 Å². The smallest absolute Gasteiger partial charge is 0.283 e. The highest BCUT2D eigenvalue weighted by Gasteiger charge is 2.31. The minimum atomic E-state index is -3.92. The van der Waals surface area contributed by atoms with Gasteiger partial charge < -0.3 is 9.47 Å². The molecule has 0 spiro atoms. The van der Waals surface area contributed by atoms with Gasteiger partial charge in [-0.3, -0.25) is 9.10 Å². The molecule has 0 bridgehead atoms. The molecular formula is C21H21ClN4O3S. The van der Waals surface area contributed by atoms with Crippen LogP contribution in [0.2, 0.25) is 5.02 Å². The normalized spacial score (nSPS) is 13.6. The van der Waals surface area contributed by atoms with Crippen molar-refractivity contribution in [3.05, 3.63) is 76.7 Å². The molecule has 0 fully saturated rings. The van der Waals surface area contributed by atoms with Crippen molar-refractivity contribution in [3.63, 3.8) is 0 Å². The topological polar surface area (TPSA) is 75.5 Å². The number of aromatic nitrogens is 2. The first-order valence-electron chi connectivity index (χ1n) is 9.47. The number of sulfonamides is 1. The van der Waals surface area contributed by atoms with Crippen LogP contribution in [-0.4, -0.2) is 35.3 Å². The lowest BCUT2D eigenvalue weighted by Crippen LogP contribution is -2.31. The molecule has 0 radical (unpaired) electrons. The summed E-state index contributed by atoms with van der Waals surface area (Å²) in [6, 6.07) is 12.2. The van der Waals surface area contributed by atoms with Crippen molar-refractivity contribution in [2.24, 2.45) is 7.05 Å². The standard InChI is InChI=1S/C21H21ClN4O3S/c1-3-25-12-16-10-18(8-9-19(16)21(25)27)26(11-15-4-6-17(22)7-5-15)30(28,29)20-13-24(2)14-23-20/h4-10,13-14H,3,11-12H2,1-2H3. The van der Waals surface area contributed by atoms with Gasteiger partial charge in [0, 0.05) is 36.9 Å². The van der Waals surface area contributed by atoms with E-state index >= 15 is 0 Å². The second kappa shape index (κ2) is 7.77. The summed E-state index contributed by atoms with van der Waals surface area (Å²) in [5, 5.41) is 0.541. The maximum absolute atomic E-state index is 13.4. The molecule has 1 aliphatic rings. The summed E-state index contributed by atoms with van der Waals surface area (Å²) in [6.45, 7) is 3.10. The second-order valence-corrected chi connectivity index (χ2v) is 9.42. The van der Waals surface area contributed by atoms with Gasteiger partial charge in [-0.05, 0) is 48.4 Å². The van der Waals surface area contributed by atoms with Crippen molar-refractivity contribution < 1.29 is 13.2 Å².